The van der Waals surface area contributed by atoms with Crippen molar-refractivity contribution in [2.75, 3.05) is 32.1 Å². The fraction of sp³-hybridized carbons (Fsp3) is 0.500. The molecule has 0 aliphatic carbocycles. The van der Waals surface area contributed by atoms with Crippen molar-refractivity contribution in [2.45, 2.75) is 37.1 Å². The van der Waals surface area contributed by atoms with Crippen LogP contribution < -0.4 is 5.32 Å². The van der Waals surface area contributed by atoms with Gasteiger partial charge in [-0.25, -0.2) is 13.4 Å². The predicted octanol–water partition coefficient (Wildman–Crippen LogP) is 2.96. The molecule has 1 atom stereocenters. The summed E-state index contributed by atoms with van der Waals surface area (Å²) < 4.78 is 37.8. The van der Waals surface area contributed by atoms with Gasteiger partial charge < -0.3 is 14.5 Å². The molecule has 1 unspecified atom stereocenters. The van der Waals surface area contributed by atoms with E-state index >= 15 is 0 Å². The van der Waals surface area contributed by atoms with E-state index in [-0.39, 0.29) is 10.9 Å². The van der Waals surface area contributed by atoms with E-state index in [1.807, 2.05) is 19.1 Å². The van der Waals surface area contributed by atoms with E-state index in [0.29, 0.717) is 25.5 Å². The van der Waals surface area contributed by atoms with Crippen molar-refractivity contribution in [1.82, 2.24) is 9.29 Å². The normalized spacial score (nSPS) is 17.2. The molecule has 1 aliphatic rings. The van der Waals surface area contributed by atoms with Crippen LogP contribution in [0.5, 0.6) is 0 Å². The fourth-order valence-electron chi connectivity index (χ4n) is 3.05. The Labute approximate surface area is 154 Å². The summed E-state index contributed by atoms with van der Waals surface area (Å²) in [6.07, 6.45) is 4.31. The van der Waals surface area contributed by atoms with Crippen molar-refractivity contribution in [3.63, 3.8) is 0 Å². The van der Waals surface area contributed by atoms with Gasteiger partial charge in [-0.05, 0) is 44.0 Å². The topological polar surface area (TPSA) is 84.7 Å². The Morgan fingerprint density at radius 2 is 2.00 bits per heavy atom. The second kappa shape index (κ2) is 8.20. The van der Waals surface area contributed by atoms with Crippen LogP contribution in [0.15, 0.2) is 39.8 Å². The molecular formula is C18H25N3O4S. The van der Waals surface area contributed by atoms with Gasteiger partial charge in [0.15, 0.2) is 0 Å². The molecule has 1 N–H and O–H groups in total. The maximum Gasteiger partial charge on any atom is 0.244 e. The largest absolute Gasteiger partial charge is 0.464 e. The zero-order chi connectivity index (χ0) is 18.6. The number of furan rings is 1. The first-order valence-electron chi connectivity index (χ1n) is 8.79. The summed E-state index contributed by atoms with van der Waals surface area (Å²) in [5.74, 6) is 2.13. The molecule has 2 aromatic rings. The zero-order valence-electron chi connectivity index (χ0n) is 15.1. The van der Waals surface area contributed by atoms with Crippen LogP contribution in [0.25, 0.3) is 0 Å². The van der Waals surface area contributed by atoms with Crippen LogP contribution in [0.2, 0.25) is 0 Å². The van der Waals surface area contributed by atoms with E-state index < -0.39 is 10.0 Å². The number of hydrogen-bond donors (Lipinski definition) is 1. The molecular weight excluding hydrogens is 354 g/mol. The number of anilines is 1. The Bertz CT molecular complexity index is 811. The molecule has 8 heteroatoms. The van der Waals surface area contributed by atoms with Crippen LogP contribution in [-0.4, -0.2) is 44.5 Å². The van der Waals surface area contributed by atoms with Gasteiger partial charge in [-0.2, -0.15) is 4.31 Å². The molecule has 1 aliphatic heterocycles. The highest BCUT2D eigenvalue weighted by Crippen LogP contribution is 2.23. The third-order valence-electron chi connectivity index (χ3n) is 4.45. The standard InChI is InChI=1S/C18H25N3O4S/c1-14-6-8-17(25-14)16(13-24-2)20-18-9-7-15(12-19-18)26(22,23)21-10-4-3-5-11-21/h6-9,12,16H,3-5,10-11,13H2,1-2H3,(H,19,20). The van der Waals surface area contributed by atoms with Crippen LogP contribution in [0, 0.1) is 6.92 Å². The average Bonchev–Trinajstić information content (AvgIpc) is 3.09. The van der Waals surface area contributed by atoms with Crippen molar-refractivity contribution < 1.29 is 17.6 Å². The monoisotopic (exact) mass is 379 g/mol. The van der Waals surface area contributed by atoms with E-state index in [4.69, 9.17) is 9.15 Å². The quantitative estimate of drug-likeness (QED) is 0.796. The molecule has 0 bridgehead atoms. The van der Waals surface area contributed by atoms with Crippen molar-refractivity contribution in [3.8, 4) is 0 Å². The van der Waals surface area contributed by atoms with Crippen molar-refractivity contribution in [3.05, 3.63) is 42.0 Å². The van der Waals surface area contributed by atoms with E-state index in [1.54, 1.807) is 23.5 Å². The molecule has 2 aromatic heterocycles. The van der Waals surface area contributed by atoms with Crippen LogP contribution >= 0.6 is 0 Å². The number of nitrogens with zero attached hydrogens (tertiary/aromatic N) is 2. The number of aromatic nitrogens is 1. The van der Waals surface area contributed by atoms with Gasteiger partial charge in [0.25, 0.3) is 0 Å². The first kappa shape index (κ1) is 18.9. The highest BCUT2D eigenvalue weighted by Gasteiger charge is 2.26. The molecule has 0 spiro atoms. The minimum Gasteiger partial charge on any atom is -0.464 e. The van der Waals surface area contributed by atoms with E-state index in [2.05, 4.69) is 10.3 Å². The van der Waals surface area contributed by atoms with Crippen LogP contribution in [0.4, 0.5) is 5.82 Å². The summed E-state index contributed by atoms with van der Waals surface area (Å²) in [6.45, 7) is 3.44. The lowest BCUT2D eigenvalue weighted by Gasteiger charge is -2.25. The third kappa shape index (κ3) is 4.25. The molecule has 0 amide bonds. The molecule has 3 rings (SSSR count). The molecule has 1 saturated heterocycles. The summed E-state index contributed by atoms with van der Waals surface area (Å²) in [5.41, 5.74) is 0. The third-order valence-corrected chi connectivity index (χ3v) is 6.33. The zero-order valence-corrected chi connectivity index (χ0v) is 16.0. The highest BCUT2D eigenvalue weighted by molar-refractivity contribution is 7.89. The smallest absolute Gasteiger partial charge is 0.244 e. The lowest BCUT2D eigenvalue weighted by atomic mass is 10.2. The van der Waals surface area contributed by atoms with Gasteiger partial charge >= 0.3 is 0 Å². The van der Waals surface area contributed by atoms with Gasteiger partial charge in [-0.3, -0.25) is 0 Å². The van der Waals surface area contributed by atoms with E-state index in [1.165, 1.54) is 6.20 Å². The Balaban J connectivity index is 1.74. The summed E-state index contributed by atoms with van der Waals surface area (Å²) in [6, 6.07) is 6.85. The average molecular weight is 379 g/mol. The molecule has 7 nitrogen and oxygen atoms in total. The minimum absolute atomic E-state index is 0.203. The Kier molecular flexibility index (Phi) is 5.95. The maximum atomic E-state index is 12.7. The van der Waals surface area contributed by atoms with Crippen LogP contribution in [-0.2, 0) is 14.8 Å². The summed E-state index contributed by atoms with van der Waals surface area (Å²) in [7, 11) is -1.85. The summed E-state index contributed by atoms with van der Waals surface area (Å²) in [4.78, 5) is 4.50. The molecule has 1 fully saturated rings. The summed E-state index contributed by atoms with van der Waals surface area (Å²) >= 11 is 0. The van der Waals surface area contributed by atoms with Gasteiger partial charge in [0.2, 0.25) is 10.0 Å². The van der Waals surface area contributed by atoms with Gasteiger partial charge in [0, 0.05) is 26.4 Å². The van der Waals surface area contributed by atoms with Gasteiger partial charge in [-0.1, -0.05) is 6.42 Å². The number of hydrogen-bond acceptors (Lipinski definition) is 6. The number of rotatable bonds is 7. The van der Waals surface area contributed by atoms with Gasteiger partial charge in [-0.15, -0.1) is 0 Å². The molecule has 0 radical (unpaired) electrons. The lowest BCUT2D eigenvalue weighted by Crippen LogP contribution is -2.35. The van der Waals surface area contributed by atoms with Gasteiger partial charge in [0.1, 0.15) is 28.3 Å². The Hall–Kier alpha value is -1.90. The fourth-order valence-corrected chi connectivity index (χ4v) is 4.52. The van der Waals surface area contributed by atoms with Crippen molar-refractivity contribution >= 4 is 15.8 Å². The van der Waals surface area contributed by atoms with E-state index in [0.717, 1.165) is 30.8 Å². The predicted molar refractivity (Wildman–Crippen MR) is 98.5 cm³/mol. The molecule has 0 saturated carbocycles. The van der Waals surface area contributed by atoms with Crippen molar-refractivity contribution in [1.29, 1.82) is 0 Å². The van der Waals surface area contributed by atoms with Crippen LogP contribution in [0.3, 0.4) is 0 Å². The second-order valence-electron chi connectivity index (χ2n) is 6.44. The number of ether oxygens (including phenoxy) is 1. The highest BCUT2D eigenvalue weighted by atomic mass is 32.2. The van der Waals surface area contributed by atoms with Crippen molar-refractivity contribution in [2.24, 2.45) is 0 Å². The lowest BCUT2D eigenvalue weighted by molar-refractivity contribution is 0.178. The minimum atomic E-state index is -3.47. The second-order valence-corrected chi connectivity index (χ2v) is 8.38. The molecule has 142 valence electrons. The SMILES string of the molecule is COCC(Nc1ccc(S(=O)(=O)N2CCCCC2)cn1)c1ccc(C)o1. The number of sulfonamides is 1. The summed E-state index contributed by atoms with van der Waals surface area (Å²) in [5, 5.41) is 3.23. The number of aryl methyl sites for hydroxylation is 1. The number of piperidine rings is 1. The first-order chi connectivity index (χ1) is 12.5. The van der Waals surface area contributed by atoms with Gasteiger partial charge in [0.05, 0.1) is 6.61 Å². The number of methoxy groups -OCH3 is 1. The maximum absolute atomic E-state index is 12.7. The Morgan fingerprint density at radius 1 is 1.23 bits per heavy atom. The van der Waals surface area contributed by atoms with E-state index in [9.17, 15) is 8.42 Å². The molecule has 3 heterocycles. The first-order valence-corrected chi connectivity index (χ1v) is 10.2. The number of pyridine rings is 1. The van der Waals surface area contributed by atoms with Crippen LogP contribution in [0.1, 0.15) is 36.8 Å². The molecule has 26 heavy (non-hydrogen) atoms. The Morgan fingerprint density at radius 3 is 2.58 bits per heavy atom. The number of nitrogens with one attached hydrogen (secondary N) is 1. The molecule has 0 aromatic carbocycles.